The second-order valence-electron chi connectivity index (χ2n) is 6.45. The van der Waals surface area contributed by atoms with Crippen molar-refractivity contribution in [2.24, 2.45) is 5.10 Å². The molecule has 9 nitrogen and oxygen atoms in total. The van der Waals surface area contributed by atoms with Gasteiger partial charge in [0.25, 0.3) is 5.69 Å². The molecule has 31 heavy (non-hydrogen) atoms. The lowest BCUT2D eigenvalue weighted by molar-refractivity contribution is -0.384. The van der Waals surface area contributed by atoms with Crippen molar-refractivity contribution in [1.29, 1.82) is 0 Å². The van der Waals surface area contributed by atoms with Crippen LogP contribution in [0.4, 0.5) is 5.69 Å². The number of hydrazone groups is 1. The summed E-state index contributed by atoms with van der Waals surface area (Å²) in [4.78, 5) is 22.7. The van der Waals surface area contributed by atoms with Crippen LogP contribution in [0, 0.1) is 10.1 Å². The minimum Gasteiger partial charge on any atom is -0.494 e. The lowest BCUT2D eigenvalue weighted by Crippen LogP contribution is -2.16. The Balaban J connectivity index is 1.43. The third-order valence-electron chi connectivity index (χ3n) is 4.35. The standard InChI is InChI=1S/C22H17N3O6/c1-2-29-17-6-8-20-15(11-17)12-21(31-20)22(26)24-23-13-18-7-9-19(30-18)14-4-3-5-16(10-14)25(27)28/h3-13H,2H2,1H3,(H,24,26)/b23-13+. The van der Waals surface area contributed by atoms with Crippen molar-refractivity contribution < 1.29 is 23.3 Å². The van der Waals surface area contributed by atoms with Crippen molar-refractivity contribution in [1.82, 2.24) is 5.43 Å². The molecule has 0 atom stereocenters. The quantitative estimate of drug-likeness (QED) is 0.262. The van der Waals surface area contributed by atoms with Gasteiger partial charge in [0, 0.05) is 23.1 Å². The summed E-state index contributed by atoms with van der Waals surface area (Å²) in [5, 5.41) is 15.5. The second-order valence-corrected chi connectivity index (χ2v) is 6.45. The maximum atomic E-state index is 12.3. The summed E-state index contributed by atoms with van der Waals surface area (Å²) in [6.07, 6.45) is 1.33. The number of carbonyl (C=O) groups excluding carboxylic acids is 1. The zero-order valence-corrected chi connectivity index (χ0v) is 16.4. The summed E-state index contributed by atoms with van der Waals surface area (Å²) in [6, 6.07) is 16.3. The number of amides is 1. The molecule has 9 heteroatoms. The van der Waals surface area contributed by atoms with Crippen LogP contribution in [0.1, 0.15) is 23.2 Å². The van der Waals surface area contributed by atoms with E-state index >= 15 is 0 Å². The highest BCUT2D eigenvalue weighted by Crippen LogP contribution is 2.26. The number of hydrogen-bond donors (Lipinski definition) is 1. The molecule has 156 valence electrons. The van der Waals surface area contributed by atoms with Gasteiger partial charge in [-0.15, -0.1) is 0 Å². The van der Waals surface area contributed by atoms with Crippen molar-refractivity contribution in [3.8, 4) is 17.1 Å². The number of hydrogen-bond acceptors (Lipinski definition) is 7. The summed E-state index contributed by atoms with van der Waals surface area (Å²) in [5.41, 5.74) is 3.47. The van der Waals surface area contributed by atoms with Gasteiger partial charge in [-0.25, -0.2) is 5.43 Å². The monoisotopic (exact) mass is 419 g/mol. The SMILES string of the molecule is CCOc1ccc2oc(C(=O)N/N=C/c3ccc(-c4cccc([N+](=O)[O-])c4)o3)cc2c1. The zero-order valence-electron chi connectivity index (χ0n) is 16.4. The van der Waals surface area contributed by atoms with Gasteiger partial charge in [0.15, 0.2) is 5.76 Å². The van der Waals surface area contributed by atoms with Gasteiger partial charge in [-0.05, 0) is 43.3 Å². The average Bonchev–Trinajstić information content (AvgIpc) is 3.41. The van der Waals surface area contributed by atoms with Crippen LogP contribution in [0.2, 0.25) is 0 Å². The minimum absolute atomic E-state index is 0.0319. The number of nitrogens with one attached hydrogen (secondary N) is 1. The van der Waals surface area contributed by atoms with Crippen LogP contribution >= 0.6 is 0 Å². The minimum atomic E-state index is -0.518. The number of rotatable bonds is 7. The Hall–Kier alpha value is -4.40. The number of benzene rings is 2. The fourth-order valence-corrected chi connectivity index (χ4v) is 2.95. The lowest BCUT2D eigenvalue weighted by Gasteiger charge is -2.00. The van der Waals surface area contributed by atoms with Crippen LogP contribution in [0.5, 0.6) is 5.75 Å². The molecule has 0 radical (unpaired) electrons. The molecule has 0 saturated heterocycles. The number of nitro benzene ring substituents is 1. The van der Waals surface area contributed by atoms with Crippen molar-refractivity contribution >= 4 is 28.8 Å². The molecule has 0 aliphatic rings. The van der Waals surface area contributed by atoms with Gasteiger partial charge < -0.3 is 13.6 Å². The Morgan fingerprint density at radius 1 is 1.16 bits per heavy atom. The number of nitrogens with zero attached hydrogens (tertiary/aromatic N) is 2. The fourth-order valence-electron chi connectivity index (χ4n) is 2.95. The second kappa shape index (κ2) is 8.54. The van der Waals surface area contributed by atoms with Crippen LogP contribution in [-0.2, 0) is 0 Å². The topological polar surface area (TPSA) is 120 Å². The van der Waals surface area contributed by atoms with Gasteiger partial charge in [0.2, 0.25) is 0 Å². The number of fused-ring (bicyclic) bond motifs is 1. The molecule has 4 aromatic rings. The number of ether oxygens (including phenoxy) is 1. The van der Waals surface area contributed by atoms with E-state index in [4.69, 9.17) is 13.6 Å². The molecule has 2 aromatic heterocycles. The van der Waals surface area contributed by atoms with Gasteiger partial charge >= 0.3 is 5.91 Å². The number of non-ortho nitro benzene ring substituents is 1. The highest BCUT2D eigenvalue weighted by Gasteiger charge is 2.13. The Labute approximate surface area is 176 Å². The van der Waals surface area contributed by atoms with Crippen molar-refractivity contribution in [2.45, 2.75) is 6.92 Å². The normalized spacial score (nSPS) is 11.1. The van der Waals surface area contributed by atoms with Crippen molar-refractivity contribution in [3.05, 3.63) is 82.3 Å². The van der Waals surface area contributed by atoms with Crippen LogP contribution in [-0.4, -0.2) is 23.7 Å². The largest absolute Gasteiger partial charge is 0.494 e. The van der Waals surface area contributed by atoms with E-state index in [2.05, 4.69) is 10.5 Å². The van der Waals surface area contributed by atoms with Crippen LogP contribution in [0.25, 0.3) is 22.3 Å². The Bertz CT molecular complexity index is 1290. The smallest absolute Gasteiger partial charge is 0.307 e. The Morgan fingerprint density at radius 2 is 2.03 bits per heavy atom. The Morgan fingerprint density at radius 3 is 2.84 bits per heavy atom. The van der Waals surface area contributed by atoms with Gasteiger partial charge in [-0.1, -0.05) is 12.1 Å². The van der Waals surface area contributed by atoms with E-state index in [1.54, 1.807) is 48.5 Å². The van der Waals surface area contributed by atoms with Gasteiger partial charge in [-0.3, -0.25) is 14.9 Å². The highest BCUT2D eigenvalue weighted by atomic mass is 16.6. The first-order chi connectivity index (χ1) is 15.0. The molecule has 0 aliphatic carbocycles. The number of carbonyl (C=O) groups is 1. The first kappa shape index (κ1) is 19.9. The maximum Gasteiger partial charge on any atom is 0.307 e. The fraction of sp³-hybridized carbons (Fsp3) is 0.0909. The molecule has 4 rings (SSSR count). The van der Waals surface area contributed by atoms with E-state index in [9.17, 15) is 14.9 Å². The summed E-state index contributed by atoms with van der Waals surface area (Å²) in [5.74, 6) is 1.10. The maximum absolute atomic E-state index is 12.3. The van der Waals surface area contributed by atoms with Crippen LogP contribution in [0.3, 0.4) is 0 Å². The van der Waals surface area contributed by atoms with Crippen LogP contribution < -0.4 is 10.2 Å². The molecule has 0 saturated carbocycles. The predicted molar refractivity (Wildman–Crippen MR) is 113 cm³/mol. The predicted octanol–water partition coefficient (Wildman–Crippen LogP) is 4.76. The molecular formula is C22H17N3O6. The molecule has 0 fully saturated rings. The molecule has 2 aromatic carbocycles. The first-order valence-corrected chi connectivity index (χ1v) is 9.38. The summed E-state index contributed by atoms with van der Waals surface area (Å²) in [7, 11) is 0. The molecule has 0 aliphatic heterocycles. The average molecular weight is 419 g/mol. The van der Waals surface area contributed by atoms with Gasteiger partial charge in [0.05, 0.1) is 17.7 Å². The third-order valence-corrected chi connectivity index (χ3v) is 4.35. The van der Waals surface area contributed by atoms with Gasteiger partial charge in [0.1, 0.15) is 22.9 Å². The molecule has 0 bridgehead atoms. The van der Waals surface area contributed by atoms with E-state index in [-0.39, 0.29) is 11.4 Å². The lowest BCUT2D eigenvalue weighted by atomic mass is 10.1. The highest BCUT2D eigenvalue weighted by molar-refractivity contribution is 5.96. The summed E-state index contributed by atoms with van der Waals surface area (Å²) in [6.45, 7) is 2.43. The van der Waals surface area contributed by atoms with E-state index in [1.165, 1.54) is 18.3 Å². The van der Waals surface area contributed by atoms with Crippen molar-refractivity contribution in [2.75, 3.05) is 6.61 Å². The van der Waals surface area contributed by atoms with Crippen molar-refractivity contribution in [3.63, 3.8) is 0 Å². The van der Waals surface area contributed by atoms with E-state index < -0.39 is 10.8 Å². The summed E-state index contributed by atoms with van der Waals surface area (Å²) >= 11 is 0. The van der Waals surface area contributed by atoms with E-state index in [1.807, 2.05) is 6.92 Å². The molecule has 1 N–H and O–H groups in total. The molecule has 0 spiro atoms. The molecular weight excluding hydrogens is 402 g/mol. The number of furan rings is 2. The molecule has 1 amide bonds. The van der Waals surface area contributed by atoms with E-state index in [0.717, 1.165) is 5.39 Å². The van der Waals surface area contributed by atoms with Gasteiger partial charge in [-0.2, -0.15) is 5.10 Å². The molecule has 0 unspecified atom stereocenters. The molecule has 2 heterocycles. The van der Waals surface area contributed by atoms with E-state index in [0.29, 0.717) is 35.0 Å². The summed E-state index contributed by atoms with van der Waals surface area (Å²) < 4.78 is 16.6. The first-order valence-electron chi connectivity index (χ1n) is 9.38. The Kier molecular flexibility index (Phi) is 5.48. The third kappa shape index (κ3) is 4.45. The zero-order chi connectivity index (χ0) is 21.8. The number of nitro groups is 1. The van der Waals surface area contributed by atoms with Crippen LogP contribution in [0.15, 0.2) is 74.6 Å².